The number of furan rings is 1. The van der Waals surface area contributed by atoms with Gasteiger partial charge in [-0.1, -0.05) is 12.7 Å². The van der Waals surface area contributed by atoms with E-state index in [1.54, 1.807) is 17.0 Å². The molecule has 0 aliphatic carbocycles. The number of likely N-dealkylation sites (tertiary alicyclic amines) is 1. The maximum atomic E-state index is 11.9. The fraction of sp³-hybridized carbons (Fsp3) is 0.429. The predicted octanol–water partition coefficient (Wildman–Crippen LogP) is 2.56. The summed E-state index contributed by atoms with van der Waals surface area (Å²) in [5, 5.41) is 2.90. The van der Waals surface area contributed by atoms with Gasteiger partial charge in [-0.25, -0.2) is 4.79 Å². The average Bonchev–Trinajstić information content (AvgIpc) is 2.92. The molecule has 1 N–H and O–H groups in total. The number of amides is 2. The molecule has 0 bridgehead atoms. The van der Waals surface area contributed by atoms with Crippen molar-refractivity contribution in [3.05, 3.63) is 35.2 Å². The summed E-state index contributed by atoms with van der Waals surface area (Å²) in [6, 6.07) is 3.32. The molecule has 1 aliphatic heterocycles. The van der Waals surface area contributed by atoms with Gasteiger partial charge >= 0.3 is 6.09 Å². The van der Waals surface area contributed by atoms with Gasteiger partial charge in [-0.2, -0.15) is 0 Å². The first-order valence-electron chi connectivity index (χ1n) is 6.69. The Bertz CT molecular complexity index is 521. The third-order valence-electron chi connectivity index (χ3n) is 3.21. The van der Waals surface area contributed by atoms with Crippen molar-refractivity contribution in [1.82, 2.24) is 10.2 Å². The number of piperidine rings is 1. The summed E-state index contributed by atoms with van der Waals surface area (Å²) in [6.07, 6.45) is 2.58. The van der Waals surface area contributed by atoms with Gasteiger partial charge in [0.15, 0.2) is 10.4 Å². The van der Waals surface area contributed by atoms with Gasteiger partial charge in [0.2, 0.25) is 0 Å². The number of nitrogens with one attached hydrogen (secondary N) is 1. The minimum atomic E-state index is -0.338. The van der Waals surface area contributed by atoms with Crippen LogP contribution in [0, 0.1) is 0 Å². The van der Waals surface area contributed by atoms with Crippen LogP contribution in [0.3, 0.4) is 0 Å². The zero-order valence-corrected chi connectivity index (χ0v) is 13.1. The Labute approximate surface area is 131 Å². The van der Waals surface area contributed by atoms with Gasteiger partial charge in [0.1, 0.15) is 6.61 Å². The largest absolute Gasteiger partial charge is 0.445 e. The van der Waals surface area contributed by atoms with E-state index in [0.717, 1.165) is 0 Å². The van der Waals surface area contributed by atoms with Crippen LogP contribution in [0.5, 0.6) is 0 Å². The lowest BCUT2D eigenvalue weighted by Crippen LogP contribution is -2.46. The second-order valence-corrected chi connectivity index (χ2v) is 5.49. The summed E-state index contributed by atoms with van der Waals surface area (Å²) >= 11 is 3.16. The fourth-order valence-corrected chi connectivity index (χ4v) is 2.43. The highest BCUT2D eigenvalue weighted by atomic mass is 79.9. The third-order valence-corrected chi connectivity index (χ3v) is 3.64. The number of ether oxygens (including phenoxy) is 1. The molecule has 1 aliphatic rings. The molecule has 1 aromatic heterocycles. The SMILES string of the molecule is C=CCOC(=O)N1CCC(NC(=O)c2ccc(Br)o2)CC1. The second kappa shape index (κ2) is 7.31. The molecule has 2 heterocycles. The first-order valence-corrected chi connectivity index (χ1v) is 7.48. The minimum absolute atomic E-state index is 0.0322. The Hall–Kier alpha value is -1.76. The van der Waals surface area contributed by atoms with E-state index in [4.69, 9.17) is 9.15 Å². The summed E-state index contributed by atoms with van der Waals surface area (Å²) < 4.78 is 10.7. The van der Waals surface area contributed by atoms with Crippen molar-refractivity contribution in [1.29, 1.82) is 0 Å². The number of hydrogen-bond donors (Lipinski definition) is 1. The third kappa shape index (κ3) is 4.35. The highest BCUT2D eigenvalue weighted by molar-refractivity contribution is 9.10. The van der Waals surface area contributed by atoms with Crippen LogP contribution in [0.1, 0.15) is 23.4 Å². The molecule has 0 unspecified atom stereocenters. The van der Waals surface area contributed by atoms with Crippen molar-refractivity contribution in [2.24, 2.45) is 0 Å². The maximum absolute atomic E-state index is 11.9. The van der Waals surface area contributed by atoms with E-state index in [1.807, 2.05) is 0 Å². The smallest absolute Gasteiger partial charge is 0.410 e. The van der Waals surface area contributed by atoms with E-state index < -0.39 is 0 Å². The van der Waals surface area contributed by atoms with Crippen molar-refractivity contribution in [2.75, 3.05) is 19.7 Å². The quantitative estimate of drug-likeness (QED) is 0.841. The van der Waals surface area contributed by atoms with Crippen LogP contribution in [0.2, 0.25) is 0 Å². The molecule has 2 amide bonds. The topological polar surface area (TPSA) is 71.8 Å². The molecular formula is C14H17BrN2O4. The number of halogens is 1. The van der Waals surface area contributed by atoms with Gasteiger partial charge in [-0.05, 0) is 40.9 Å². The van der Waals surface area contributed by atoms with Gasteiger partial charge in [0.05, 0.1) is 0 Å². The Balaban J connectivity index is 1.77. The fourth-order valence-electron chi connectivity index (χ4n) is 2.12. The van der Waals surface area contributed by atoms with Crippen LogP contribution < -0.4 is 5.32 Å². The summed E-state index contributed by atoms with van der Waals surface area (Å²) in [6.45, 7) is 4.83. The number of carbonyl (C=O) groups excluding carboxylic acids is 2. The van der Waals surface area contributed by atoms with E-state index in [0.29, 0.717) is 30.6 Å². The molecule has 0 atom stereocenters. The molecule has 0 saturated carbocycles. The Morgan fingerprint density at radius 2 is 2.19 bits per heavy atom. The molecular weight excluding hydrogens is 340 g/mol. The molecule has 0 spiro atoms. The van der Waals surface area contributed by atoms with Crippen LogP contribution >= 0.6 is 15.9 Å². The van der Waals surface area contributed by atoms with E-state index in [1.165, 1.54) is 6.08 Å². The lowest BCUT2D eigenvalue weighted by atomic mass is 10.1. The molecule has 0 radical (unpaired) electrons. The van der Waals surface area contributed by atoms with Gasteiger partial charge in [-0.3, -0.25) is 4.79 Å². The van der Waals surface area contributed by atoms with Gasteiger partial charge in [0, 0.05) is 19.1 Å². The first kappa shape index (κ1) is 15.6. The number of carbonyl (C=O) groups is 2. The van der Waals surface area contributed by atoms with E-state index >= 15 is 0 Å². The molecule has 21 heavy (non-hydrogen) atoms. The Morgan fingerprint density at radius 3 is 2.76 bits per heavy atom. The van der Waals surface area contributed by atoms with Crippen LogP contribution in [0.15, 0.2) is 33.9 Å². The summed E-state index contributed by atoms with van der Waals surface area (Å²) in [5.41, 5.74) is 0. The predicted molar refractivity (Wildman–Crippen MR) is 80.0 cm³/mol. The van der Waals surface area contributed by atoms with Crippen molar-refractivity contribution < 1.29 is 18.7 Å². The van der Waals surface area contributed by atoms with Gasteiger partial charge < -0.3 is 19.4 Å². The first-order chi connectivity index (χ1) is 10.1. The van der Waals surface area contributed by atoms with Crippen molar-refractivity contribution in [3.8, 4) is 0 Å². The number of hydrogen-bond acceptors (Lipinski definition) is 4. The monoisotopic (exact) mass is 356 g/mol. The molecule has 6 nitrogen and oxygen atoms in total. The van der Waals surface area contributed by atoms with Crippen molar-refractivity contribution in [2.45, 2.75) is 18.9 Å². The van der Waals surface area contributed by atoms with Crippen molar-refractivity contribution >= 4 is 27.9 Å². The summed E-state index contributed by atoms with van der Waals surface area (Å²) in [5.74, 6) is 0.0306. The van der Waals surface area contributed by atoms with Gasteiger partial charge in [-0.15, -0.1) is 0 Å². The molecule has 114 valence electrons. The zero-order chi connectivity index (χ0) is 15.2. The Morgan fingerprint density at radius 1 is 1.48 bits per heavy atom. The van der Waals surface area contributed by atoms with E-state index in [2.05, 4.69) is 27.8 Å². The highest BCUT2D eigenvalue weighted by Crippen LogP contribution is 2.16. The molecule has 2 rings (SSSR count). The average molecular weight is 357 g/mol. The highest BCUT2D eigenvalue weighted by Gasteiger charge is 2.25. The van der Waals surface area contributed by atoms with E-state index in [-0.39, 0.29) is 30.4 Å². The lowest BCUT2D eigenvalue weighted by Gasteiger charge is -2.31. The van der Waals surface area contributed by atoms with Crippen molar-refractivity contribution in [3.63, 3.8) is 0 Å². The lowest BCUT2D eigenvalue weighted by molar-refractivity contribution is 0.0851. The normalized spacial score (nSPS) is 15.6. The Kier molecular flexibility index (Phi) is 5.44. The van der Waals surface area contributed by atoms with Crippen LogP contribution in [-0.4, -0.2) is 42.6 Å². The minimum Gasteiger partial charge on any atom is -0.445 e. The van der Waals surface area contributed by atoms with Crippen LogP contribution in [0.25, 0.3) is 0 Å². The standard InChI is InChI=1S/C14H17BrN2O4/c1-2-9-20-14(19)17-7-5-10(6-8-17)16-13(18)11-3-4-12(15)21-11/h2-4,10H,1,5-9H2,(H,16,18). The second-order valence-electron chi connectivity index (χ2n) is 4.70. The summed E-state index contributed by atoms with van der Waals surface area (Å²) in [7, 11) is 0. The maximum Gasteiger partial charge on any atom is 0.410 e. The number of nitrogens with zero attached hydrogens (tertiary/aromatic N) is 1. The van der Waals surface area contributed by atoms with Crippen LogP contribution in [-0.2, 0) is 4.74 Å². The molecule has 1 fully saturated rings. The summed E-state index contributed by atoms with van der Waals surface area (Å²) in [4.78, 5) is 25.2. The van der Waals surface area contributed by atoms with E-state index in [9.17, 15) is 9.59 Å². The molecule has 7 heteroatoms. The number of rotatable bonds is 4. The molecule has 1 aromatic rings. The molecule has 0 aromatic carbocycles. The van der Waals surface area contributed by atoms with Crippen LogP contribution in [0.4, 0.5) is 4.79 Å². The molecule has 1 saturated heterocycles. The zero-order valence-electron chi connectivity index (χ0n) is 11.5. The van der Waals surface area contributed by atoms with Gasteiger partial charge in [0.25, 0.3) is 5.91 Å².